The maximum Gasteiger partial charge on any atom is 0.188 e. The molecule has 1 aromatic carbocycles. The molecule has 0 atom stereocenters. The molecule has 0 saturated carbocycles. The summed E-state index contributed by atoms with van der Waals surface area (Å²) in [5, 5.41) is 4.46. The van der Waals surface area contributed by atoms with Crippen LogP contribution in [0.5, 0.6) is 0 Å². The van der Waals surface area contributed by atoms with Crippen LogP contribution in [0.3, 0.4) is 0 Å². The van der Waals surface area contributed by atoms with E-state index in [9.17, 15) is 0 Å². The van der Waals surface area contributed by atoms with Crippen molar-refractivity contribution < 1.29 is 0 Å². The average Bonchev–Trinajstić information content (AvgIpc) is 2.81. The first-order valence-corrected chi connectivity index (χ1v) is 7.31. The standard InChI is InChI=1S/C16H24N4/c1-3-4-8-18-16(17)19-9-7-13-11-20-15-10-12(2)5-6-14(13)15/h5-6,10-11,20H,3-4,7-9H2,1-2H3,(H3,17,18,19). The van der Waals surface area contributed by atoms with Gasteiger partial charge in [0.05, 0.1) is 0 Å². The number of rotatable bonds is 6. The molecule has 4 N–H and O–H groups in total. The molecular weight excluding hydrogens is 248 g/mol. The van der Waals surface area contributed by atoms with Gasteiger partial charge in [0.1, 0.15) is 0 Å². The molecule has 4 heteroatoms. The van der Waals surface area contributed by atoms with Gasteiger partial charge in [0.25, 0.3) is 0 Å². The highest BCUT2D eigenvalue weighted by atomic mass is 15.1. The number of nitrogens with one attached hydrogen (secondary N) is 2. The summed E-state index contributed by atoms with van der Waals surface area (Å²) in [6, 6.07) is 6.50. The lowest BCUT2D eigenvalue weighted by Crippen LogP contribution is -2.33. The van der Waals surface area contributed by atoms with Crippen molar-refractivity contribution >= 4 is 16.9 Å². The number of aliphatic imine (C=N–C) groups is 1. The summed E-state index contributed by atoms with van der Waals surface area (Å²) in [4.78, 5) is 7.60. The number of hydrogen-bond acceptors (Lipinski definition) is 1. The first-order chi connectivity index (χ1) is 9.70. The number of hydrogen-bond donors (Lipinski definition) is 3. The van der Waals surface area contributed by atoms with Gasteiger partial charge in [0.2, 0.25) is 0 Å². The van der Waals surface area contributed by atoms with E-state index in [0.717, 1.165) is 32.4 Å². The summed E-state index contributed by atoms with van der Waals surface area (Å²) < 4.78 is 0. The molecule has 20 heavy (non-hydrogen) atoms. The van der Waals surface area contributed by atoms with Gasteiger partial charge in [-0.15, -0.1) is 0 Å². The van der Waals surface area contributed by atoms with Crippen molar-refractivity contribution in [2.24, 2.45) is 10.7 Å². The van der Waals surface area contributed by atoms with E-state index in [4.69, 9.17) is 5.73 Å². The quantitative estimate of drug-likeness (QED) is 0.430. The van der Waals surface area contributed by atoms with E-state index in [2.05, 4.69) is 53.5 Å². The molecule has 0 aliphatic carbocycles. The number of aryl methyl sites for hydroxylation is 1. The van der Waals surface area contributed by atoms with Gasteiger partial charge in [0.15, 0.2) is 5.96 Å². The van der Waals surface area contributed by atoms with Crippen molar-refractivity contribution in [3.05, 3.63) is 35.5 Å². The Morgan fingerprint density at radius 2 is 2.25 bits per heavy atom. The van der Waals surface area contributed by atoms with Gasteiger partial charge < -0.3 is 16.0 Å². The molecule has 1 heterocycles. The van der Waals surface area contributed by atoms with E-state index in [1.54, 1.807) is 0 Å². The molecule has 0 amide bonds. The fourth-order valence-electron chi connectivity index (χ4n) is 2.25. The highest BCUT2D eigenvalue weighted by Crippen LogP contribution is 2.19. The monoisotopic (exact) mass is 272 g/mol. The van der Waals surface area contributed by atoms with Crippen LogP contribution in [0.25, 0.3) is 10.9 Å². The Morgan fingerprint density at radius 1 is 1.40 bits per heavy atom. The predicted molar refractivity (Wildman–Crippen MR) is 86.1 cm³/mol. The Balaban J connectivity index is 1.88. The predicted octanol–water partition coefficient (Wildman–Crippen LogP) is 2.72. The molecule has 0 radical (unpaired) electrons. The number of nitrogens with two attached hydrogens (primary N) is 1. The van der Waals surface area contributed by atoms with E-state index < -0.39 is 0 Å². The van der Waals surface area contributed by atoms with E-state index in [1.807, 2.05) is 0 Å². The summed E-state index contributed by atoms with van der Waals surface area (Å²) >= 11 is 0. The Kier molecular flexibility index (Phi) is 5.04. The zero-order valence-electron chi connectivity index (χ0n) is 12.4. The molecule has 0 aliphatic heterocycles. The molecule has 2 aromatic rings. The van der Waals surface area contributed by atoms with Gasteiger partial charge in [-0.05, 0) is 37.0 Å². The fourth-order valence-corrected chi connectivity index (χ4v) is 2.25. The van der Waals surface area contributed by atoms with Crippen LogP contribution in [-0.4, -0.2) is 24.0 Å². The SMILES string of the molecule is CCCCN=C(N)NCCc1c[nH]c2cc(C)ccc12. The van der Waals surface area contributed by atoms with E-state index in [0.29, 0.717) is 5.96 Å². The summed E-state index contributed by atoms with van der Waals surface area (Å²) in [6.07, 6.45) is 5.25. The van der Waals surface area contributed by atoms with Crippen LogP contribution in [0.4, 0.5) is 0 Å². The van der Waals surface area contributed by atoms with Crippen LogP contribution in [0.1, 0.15) is 30.9 Å². The van der Waals surface area contributed by atoms with Crippen LogP contribution >= 0.6 is 0 Å². The molecule has 108 valence electrons. The van der Waals surface area contributed by atoms with E-state index >= 15 is 0 Å². The van der Waals surface area contributed by atoms with Crippen molar-refractivity contribution in [1.82, 2.24) is 10.3 Å². The number of guanidine groups is 1. The number of aromatic amines is 1. The second kappa shape index (κ2) is 6.98. The maximum absolute atomic E-state index is 5.82. The molecule has 1 aromatic heterocycles. The molecular formula is C16H24N4. The van der Waals surface area contributed by atoms with Crippen molar-refractivity contribution in [3.8, 4) is 0 Å². The van der Waals surface area contributed by atoms with Crippen molar-refractivity contribution in [3.63, 3.8) is 0 Å². The van der Waals surface area contributed by atoms with Crippen LogP contribution < -0.4 is 11.1 Å². The normalized spacial score (nSPS) is 12.0. The van der Waals surface area contributed by atoms with Gasteiger partial charge in [-0.2, -0.15) is 0 Å². The second-order valence-electron chi connectivity index (χ2n) is 5.16. The smallest absolute Gasteiger partial charge is 0.188 e. The molecule has 0 unspecified atom stereocenters. The lowest BCUT2D eigenvalue weighted by molar-refractivity contribution is 0.791. The first-order valence-electron chi connectivity index (χ1n) is 7.31. The van der Waals surface area contributed by atoms with Crippen LogP contribution in [0, 0.1) is 6.92 Å². The van der Waals surface area contributed by atoms with Crippen LogP contribution in [0.15, 0.2) is 29.4 Å². The van der Waals surface area contributed by atoms with Crippen LogP contribution in [-0.2, 0) is 6.42 Å². The molecule has 2 rings (SSSR count). The minimum atomic E-state index is 0.550. The van der Waals surface area contributed by atoms with Gasteiger partial charge in [-0.1, -0.05) is 25.5 Å². The zero-order chi connectivity index (χ0) is 14.4. The van der Waals surface area contributed by atoms with Gasteiger partial charge >= 0.3 is 0 Å². The lowest BCUT2D eigenvalue weighted by atomic mass is 10.1. The van der Waals surface area contributed by atoms with Crippen molar-refractivity contribution in [2.75, 3.05) is 13.1 Å². The molecule has 0 saturated heterocycles. The number of benzene rings is 1. The minimum Gasteiger partial charge on any atom is -0.370 e. The fraction of sp³-hybridized carbons (Fsp3) is 0.438. The zero-order valence-corrected chi connectivity index (χ0v) is 12.4. The number of fused-ring (bicyclic) bond motifs is 1. The number of aromatic nitrogens is 1. The topological polar surface area (TPSA) is 66.2 Å². The maximum atomic E-state index is 5.82. The third-order valence-electron chi connectivity index (χ3n) is 3.42. The highest BCUT2D eigenvalue weighted by molar-refractivity contribution is 5.84. The first kappa shape index (κ1) is 14.4. The Morgan fingerprint density at radius 3 is 3.05 bits per heavy atom. The Labute approximate surface area is 120 Å². The minimum absolute atomic E-state index is 0.550. The number of unbranched alkanes of at least 4 members (excludes halogenated alkanes) is 1. The Hall–Kier alpha value is -1.97. The van der Waals surface area contributed by atoms with Crippen molar-refractivity contribution in [1.29, 1.82) is 0 Å². The van der Waals surface area contributed by atoms with Crippen LogP contribution in [0.2, 0.25) is 0 Å². The Bertz CT molecular complexity index is 583. The van der Waals surface area contributed by atoms with Gasteiger partial charge in [-0.25, -0.2) is 0 Å². The average molecular weight is 272 g/mol. The summed E-state index contributed by atoms with van der Waals surface area (Å²) in [5.74, 6) is 0.550. The molecule has 4 nitrogen and oxygen atoms in total. The third kappa shape index (κ3) is 3.76. The van der Waals surface area contributed by atoms with Gasteiger partial charge in [-0.3, -0.25) is 4.99 Å². The largest absolute Gasteiger partial charge is 0.370 e. The lowest BCUT2D eigenvalue weighted by Gasteiger charge is -2.05. The van der Waals surface area contributed by atoms with E-state index in [1.165, 1.54) is 22.0 Å². The third-order valence-corrected chi connectivity index (χ3v) is 3.42. The number of nitrogens with zero attached hydrogens (tertiary/aromatic N) is 1. The second-order valence-corrected chi connectivity index (χ2v) is 5.16. The summed E-state index contributed by atoms with van der Waals surface area (Å²) in [7, 11) is 0. The van der Waals surface area contributed by atoms with Gasteiger partial charge in [0, 0.05) is 30.2 Å². The number of H-pyrrole nitrogens is 1. The molecule has 0 aliphatic rings. The summed E-state index contributed by atoms with van der Waals surface area (Å²) in [6.45, 7) is 5.87. The highest BCUT2D eigenvalue weighted by Gasteiger charge is 2.03. The molecule has 0 bridgehead atoms. The van der Waals surface area contributed by atoms with E-state index in [-0.39, 0.29) is 0 Å². The summed E-state index contributed by atoms with van der Waals surface area (Å²) in [5.41, 5.74) is 9.60. The molecule has 0 spiro atoms. The van der Waals surface area contributed by atoms with Crippen molar-refractivity contribution in [2.45, 2.75) is 33.1 Å². The molecule has 0 fully saturated rings.